The van der Waals surface area contributed by atoms with Crippen molar-refractivity contribution in [2.24, 2.45) is 0 Å². The first kappa shape index (κ1) is 26.1. The lowest BCUT2D eigenvalue weighted by molar-refractivity contribution is 0.101. The van der Waals surface area contributed by atoms with Gasteiger partial charge in [-0.15, -0.1) is 0 Å². The lowest BCUT2D eigenvalue weighted by Crippen LogP contribution is -2.00. The zero-order valence-electron chi connectivity index (χ0n) is 20.7. The molecule has 5 aromatic rings. The first-order valence-electron chi connectivity index (χ1n) is 12.1. The van der Waals surface area contributed by atoms with Gasteiger partial charge in [-0.25, -0.2) is 0 Å². The predicted octanol–water partition coefficient (Wildman–Crippen LogP) is 9.57. The first-order valence-corrected chi connectivity index (χ1v) is 14.5. The van der Waals surface area contributed by atoms with Gasteiger partial charge in [0, 0.05) is 46.1 Å². The minimum absolute atomic E-state index is 0.00574. The fourth-order valence-corrected chi connectivity index (χ4v) is 6.22. The normalized spacial score (nSPS) is 10.8. The van der Waals surface area contributed by atoms with E-state index in [1.807, 2.05) is 91.0 Å². The third-order valence-electron chi connectivity index (χ3n) is 5.77. The molecule has 0 bridgehead atoms. The summed E-state index contributed by atoms with van der Waals surface area (Å²) >= 11 is 5.03. The lowest BCUT2D eigenvalue weighted by Gasteiger charge is -2.07. The summed E-state index contributed by atoms with van der Waals surface area (Å²) in [6.45, 7) is 1.56. The summed E-state index contributed by atoms with van der Waals surface area (Å²) in [7, 11) is 0. The summed E-state index contributed by atoms with van der Waals surface area (Å²) in [6.07, 6.45) is 0. The number of Topliss-reactive ketones (excluding diaryl/α,β-unsaturated/α-hetero) is 1. The standard InChI is InChI=1S/C33H24O2S3/c1-23(34)24-7-13-28(14-8-24)37-29-15-9-25(10-16-29)33(35)26-11-17-30(18-12-26)38-32-21-19-31(20-22-32)36-27-5-3-2-4-6-27/h2-22H,1H3. The van der Waals surface area contributed by atoms with Crippen LogP contribution in [0.4, 0.5) is 0 Å². The second kappa shape index (κ2) is 12.4. The summed E-state index contributed by atoms with van der Waals surface area (Å²) in [5.74, 6) is 0.0645. The van der Waals surface area contributed by atoms with Crippen LogP contribution in [0.3, 0.4) is 0 Å². The number of carbonyl (C=O) groups excluding carboxylic acids is 2. The Balaban J connectivity index is 1.18. The topological polar surface area (TPSA) is 34.1 Å². The molecular weight excluding hydrogens is 525 g/mol. The van der Waals surface area contributed by atoms with E-state index in [2.05, 4.69) is 36.4 Å². The zero-order valence-corrected chi connectivity index (χ0v) is 23.1. The zero-order chi connectivity index (χ0) is 26.3. The van der Waals surface area contributed by atoms with Crippen molar-refractivity contribution in [3.05, 3.63) is 144 Å². The fourth-order valence-electron chi connectivity index (χ4n) is 3.75. The van der Waals surface area contributed by atoms with E-state index in [4.69, 9.17) is 0 Å². The van der Waals surface area contributed by atoms with E-state index in [0.717, 1.165) is 19.6 Å². The Hall–Kier alpha value is -3.51. The van der Waals surface area contributed by atoms with Crippen LogP contribution >= 0.6 is 35.3 Å². The molecule has 0 heterocycles. The summed E-state index contributed by atoms with van der Waals surface area (Å²) in [6, 6.07) is 41.9. The highest BCUT2D eigenvalue weighted by Crippen LogP contribution is 2.33. The van der Waals surface area contributed by atoms with E-state index < -0.39 is 0 Å². The van der Waals surface area contributed by atoms with Crippen LogP contribution in [0.5, 0.6) is 0 Å². The summed E-state index contributed by atoms with van der Waals surface area (Å²) in [5, 5.41) is 0. The predicted molar refractivity (Wildman–Crippen MR) is 158 cm³/mol. The van der Waals surface area contributed by atoms with E-state index in [1.54, 1.807) is 42.2 Å². The van der Waals surface area contributed by atoms with Crippen molar-refractivity contribution in [3.63, 3.8) is 0 Å². The van der Waals surface area contributed by atoms with Crippen molar-refractivity contribution in [2.45, 2.75) is 36.3 Å². The van der Waals surface area contributed by atoms with Crippen LogP contribution in [-0.4, -0.2) is 11.6 Å². The molecule has 0 radical (unpaired) electrons. The number of hydrogen-bond acceptors (Lipinski definition) is 5. The molecule has 0 N–H and O–H groups in total. The molecule has 5 rings (SSSR count). The third kappa shape index (κ3) is 6.87. The van der Waals surface area contributed by atoms with Gasteiger partial charge in [-0.3, -0.25) is 9.59 Å². The Bertz CT molecular complexity index is 1530. The van der Waals surface area contributed by atoms with Gasteiger partial charge in [0.2, 0.25) is 0 Å². The Kier molecular flexibility index (Phi) is 8.49. The first-order chi connectivity index (χ1) is 18.5. The molecule has 0 saturated heterocycles. The van der Waals surface area contributed by atoms with Gasteiger partial charge in [-0.2, -0.15) is 0 Å². The molecule has 0 atom stereocenters. The number of rotatable bonds is 9. The van der Waals surface area contributed by atoms with Gasteiger partial charge in [0.15, 0.2) is 11.6 Å². The van der Waals surface area contributed by atoms with Gasteiger partial charge in [0.25, 0.3) is 0 Å². The SMILES string of the molecule is CC(=O)c1ccc(Sc2ccc(C(=O)c3ccc(Sc4ccc(Sc5ccccc5)cc4)cc3)cc2)cc1. The van der Waals surface area contributed by atoms with Gasteiger partial charge in [0.05, 0.1) is 0 Å². The molecule has 5 aromatic carbocycles. The molecule has 0 amide bonds. The summed E-state index contributed by atoms with van der Waals surface area (Å²) in [4.78, 5) is 31.2. The maximum absolute atomic E-state index is 13.0. The molecule has 0 aromatic heterocycles. The van der Waals surface area contributed by atoms with E-state index in [9.17, 15) is 9.59 Å². The highest BCUT2D eigenvalue weighted by molar-refractivity contribution is 8.00. The van der Waals surface area contributed by atoms with Crippen LogP contribution in [0.1, 0.15) is 33.2 Å². The molecule has 0 aliphatic heterocycles. The Morgan fingerprint density at radius 2 is 0.684 bits per heavy atom. The van der Waals surface area contributed by atoms with Crippen molar-refractivity contribution < 1.29 is 9.59 Å². The van der Waals surface area contributed by atoms with Crippen LogP contribution in [0.15, 0.2) is 157 Å². The Morgan fingerprint density at radius 3 is 1.03 bits per heavy atom. The monoisotopic (exact) mass is 548 g/mol. The van der Waals surface area contributed by atoms with Gasteiger partial charge in [0.1, 0.15) is 0 Å². The smallest absolute Gasteiger partial charge is 0.193 e. The van der Waals surface area contributed by atoms with Crippen molar-refractivity contribution in [1.82, 2.24) is 0 Å². The average molecular weight is 549 g/mol. The van der Waals surface area contributed by atoms with E-state index >= 15 is 0 Å². The highest BCUT2D eigenvalue weighted by atomic mass is 32.2. The molecule has 2 nitrogen and oxygen atoms in total. The van der Waals surface area contributed by atoms with Crippen molar-refractivity contribution >= 4 is 46.9 Å². The molecular formula is C33H24O2S3. The van der Waals surface area contributed by atoms with Gasteiger partial charge in [-0.1, -0.05) is 65.6 Å². The molecule has 0 fully saturated rings. The molecule has 0 spiro atoms. The average Bonchev–Trinajstić information content (AvgIpc) is 2.95. The van der Waals surface area contributed by atoms with Gasteiger partial charge in [-0.05, 0) is 104 Å². The number of hydrogen-bond donors (Lipinski definition) is 0. The molecule has 0 unspecified atom stereocenters. The number of carbonyl (C=O) groups is 2. The maximum Gasteiger partial charge on any atom is 0.193 e. The Labute approximate surface area is 235 Å². The quantitative estimate of drug-likeness (QED) is 0.171. The van der Waals surface area contributed by atoms with Crippen molar-refractivity contribution in [3.8, 4) is 0 Å². The largest absolute Gasteiger partial charge is 0.295 e. The van der Waals surface area contributed by atoms with Crippen LogP contribution in [0.25, 0.3) is 0 Å². The maximum atomic E-state index is 13.0. The van der Waals surface area contributed by atoms with Crippen LogP contribution in [-0.2, 0) is 0 Å². The van der Waals surface area contributed by atoms with E-state index in [-0.39, 0.29) is 11.6 Å². The number of ketones is 2. The van der Waals surface area contributed by atoms with Gasteiger partial charge < -0.3 is 0 Å². The van der Waals surface area contributed by atoms with Crippen LogP contribution in [0, 0.1) is 0 Å². The highest BCUT2D eigenvalue weighted by Gasteiger charge is 2.10. The summed E-state index contributed by atoms with van der Waals surface area (Å²) < 4.78 is 0. The second-order valence-electron chi connectivity index (χ2n) is 8.55. The van der Waals surface area contributed by atoms with Gasteiger partial charge >= 0.3 is 0 Å². The molecule has 186 valence electrons. The van der Waals surface area contributed by atoms with Crippen LogP contribution in [0.2, 0.25) is 0 Å². The minimum Gasteiger partial charge on any atom is -0.295 e. The van der Waals surface area contributed by atoms with Crippen LogP contribution < -0.4 is 0 Å². The molecule has 0 aliphatic rings. The van der Waals surface area contributed by atoms with E-state index in [0.29, 0.717) is 16.7 Å². The summed E-state index contributed by atoms with van der Waals surface area (Å²) in [5.41, 5.74) is 2.04. The molecule has 0 aliphatic carbocycles. The molecule has 5 heteroatoms. The lowest BCUT2D eigenvalue weighted by atomic mass is 10.0. The Morgan fingerprint density at radius 1 is 0.395 bits per heavy atom. The fraction of sp³-hybridized carbons (Fsp3) is 0.0303. The van der Waals surface area contributed by atoms with Crippen molar-refractivity contribution in [2.75, 3.05) is 0 Å². The minimum atomic E-state index is 0.00574. The second-order valence-corrected chi connectivity index (χ2v) is 12.0. The van der Waals surface area contributed by atoms with Crippen molar-refractivity contribution in [1.29, 1.82) is 0 Å². The third-order valence-corrected chi connectivity index (χ3v) is 8.82. The number of benzene rings is 5. The van der Waals surface area contributed by atoms with E-state index in [1.165, 1.54) is 9.79 Å². The molecule has 0 saturated carbocycles. The molecule has 38 heavy (non-hydrogen) atoms.